The highest BCUT2D eigenvalue weighted by molar-refractivity contribution is 5.28. The second kappa shape index (κ2) is 3.75. The Bertz CT molecular complexity index is 285. The zero-order valence-corrected chi connectivity index (χ0v) is 7.62. The number of benzene rings is 1. The lowest BCUT2D eigenvalue weighted by molar-refractivity contribution is 0.0578. The molecule has 1 fully saturated rings. The van der Waals surface area contributed by atoms with Crippen molar-refractivity contribution in [3.8, 4) is 0 Å². The molecule has 0 unspecified atom stereocenters. The summed E-state index contributed by atoms with van der Waals surface area (Å²) in [6.07, 6.45) is 3.06. The van der Waals surface area contributed by atoms with Crippen LogP contribution in [0.5, 0.6) is 0 Å². The van der Waals surface area contributed by atoms with E-state index >= 15 is 0 Å². The van der Waals surface area contributed by atoms with Crippen molar-refractivity contribution in [2.75, 3.05) is 6.61 Å². The molecule has 0 bridgehead atoms. The van der Waals surface area contributed by atoms with E-state index in [0.29, 0.717) is 0 Å². The molecule has 1 saturated heterocycles. The van der Waals surface area contributed by atoms with Gasteiger partial charge in [-0.05, 0) is 17.6 Å². The Morgan fingerprint density at radius 1 is 1.31 bits per heavy atom. The molecule has 67 valence electrons. The van der Waals surface area contributed by atoms with Crippen molar-refractivity contribution >= 4 is 0 Å². The molecule has 0 aromatic heterocycles. The maximum absolute atomic E-state index is 5.28. The Balaban J connectivity index is 1.94. The van der Waals surface area contributed by atoms with Gasteiger partial charge >= 0.3 is 0 Å². The first-order valence-electron chi connectivity index (χ1n) is 4.57. The van der Waals surface area contributed by atoms with Gasteiger partial charge < -0.3 is 4.74 Å². The molecule has 1 nitrogen and oxygen atoms in total. The zero-order valence-electron chi connectivity index (χ0n) is 7.62. The van der Waals surface area contributed by atoms with E-state index in [2.05, 4.69) is 30.8 Å². The van der Waals surface area contributed by atoms with Crippen LogP contribution in [0.2, 0.25) is 0 Å². The van der Waals surface area contributed by atoms with Crippen LogP contribution in [0.1, 0.15) is 12.0 Å². The van der Waals surface area contributed by atoms with E-state index in [1.54, 1.807) is 0 Å². The lowest BCUT2D eigenvalue weighted by atomic mass is 9.98. The maximum atomic E-state index is 5.28. The molecular weight excluding hydrogens is 160 g/mol. The lowest BCUT2D eigenvalue weighted by Crippen LogP contribution is -2.20. The number of ether oxygens (including phenoxy) is 1. The van der Waals surface area contributed by atoms with Crippen molar-refractivity contribution in [2.24, 2.45) is 0 Å². The molecule has 0 atom stereocenters. The monoisotopic (exact) mass is 173 g/mol. The molecule has 13 heavy (non-hydrogen) atoms. The van der Waals surface area contributed by atoms with E-state index in [4.69, 9.17) is 4.74 Å². The molecule has 2 rings (SSSR count). The molecule has 0 N–H and O–H groups in total. The van der Waals surface area contributed by atoms with E-state index in [-0.39, 0.29) is 0 Å². The molecule has 1 heteroatoms. The molecule has 0 saturated carbocycles. The van der Waals surface area contributed by atoms with Crippen LogP contribution in [-0.4, -0.2) is 6.61 Å². The Morgan fingerprint density at radius 2 is 2.00 bits per heavy atom. The van der Waals surface area contributed by atoms with Crippen molar-refractivity contribution in [3.05, 3.63) is 54.2 Å². The van der Waals surface area contributed by atoms with Crippen LogP contribution in [0, 0.1) is 6.10 Å². The first-order chi connectivity index (χ1) is 6.36. The topological polar surface area (TPSA) is 9.23 Å². The van der Waals surface area contributed by atoms with Gasteiger partial charge in [-0.2, -0.15) is 0 Å². The van der Waals surface area contributed by atoms with Crippen LogP contribution in [0.4, 0.5) is 0 Å². The van der Waals surface area contributed by atoms with E-state index < -0.39 is 0 Å². The molecule has 0 aliphatic carbocycles. The van der Waals surface area contributed by atoms with Gasteiger partial charge in [-0.3, -0.25) is 0 Å². The van der Waals surface area contributed by atoms with E-state index in [9.17, 15) is 0 Å². The second-order valence-electron chi connectivity index (χ2n) is 3.29. The van der Waals surface area contributed by atoms with Crippen molar-refractivity contribution < 1.29 is 4.74 Å². The minimum absolute atomic E-state index is 0.864. The summed E-state index contributed by atoms with van der Waals surface area (Å²) in [4.78, 5) is 0. The summed E-state index contributed by atoms with van der Waals surface area (Å²) in [5.41, 5.74) is 2.42. The largest absolute Gasteiger partial charge is 0.367 e. The number of hydrogen-bond donors (Lipinski definition) is 0. The Kier molecular flexibility index (Phi) is 2.46. The summed E-state index contributed by atoms with van der Waals surface area (Å²) in [5, 5.41) is 0. The SMILES string of the molecule is C=C(Cc1ccccc1)[C]1CCO1. The smallest absolute Gasteiger partial charge is 0.124 e. The van der Waals surface area contributed by atoms with Crippen LogP contribution in [-0.2, 0) is 11.2 Å². The number of hydrogen-bond acceptors (Lipinski definition) is 1. The third kappa shape index (κ3) is 1.99. The predicted molar refractivity (Wildman–Crippen MR) is 53.1 cm³/mol. The van der Waals surface area contributed by atoms with Crippen LogP contribution in [0.25, 0.3) is 0 Å². The van der Waals surface area contributed by atoms with Gasteiger partial charge in [0, 0.05) is 6.42 Å². The highest BCUT2D eigenvalue weighted by atomic mass is 16.5. The Morgan fingerprint density at radius 3 is 2.54 bits per heavy atom. The first kappa shape index (κ1) is 8.52. The average Bonchev–Trinajstić information content (AvgIpc) is 2.02. The van der Waals surface area contributed by atoms with Gasteiger partial charge in [-0.15, -0.1) is 0 Å². The molecule has 0 amide bonds. The van der Waals surface area contributed by atoms with Gasteiger partial charge in [-0.25, -0.2) is 0 Å². The van der Waals surface area contributed by atoms with Crippen LogP contribution in [0.3, 0.4) is 0 Å². The van der Waals surface area contributed by atoms with E-state index in [0.717, 1.165) is 31.1 Å². The van der Waals surface area contributed by atoms with E-state index in [1.165, 1.54) is 5.56 Å². The highest BCUT2D eigenvalue weighted by Gasteiger charge is 2.22. The van der Waals surface area contributed by atoms with Crippen LogP contribution >= 0.6 is 0 Å². The molecule has 1 radical (unpaired) electrons. The molecule has 1 aliphatic heterocycles. The molecule has 1 heterocycles. The van der Waals surface area contributed by atoms with Gasteiger partial charge in [0.1, 0.15) is 6.10 Å². The minimum atomic E-state index is 0.864. The third-order valence-electron chi connectivity index (χ3n) is 2.26. The standard InChI is InChI=1S/C12H13O/c1-10(12-7-8-13-12)9-11-5-3-2-4-6-11/h2-6H,1,7-9H2. The van der Waals surface area contributed by atoms with Gasteiger partial charge in [0.05, 0.1) is 6.61 Å². The lowest BCUT2D eigenvalue weighted by Gasteiger charge is -2.26. The molecule has 1 aromatic carbocycles. The number of rotatable bonds is 3. The van der Waals surface area contributed by atoms with Crippen molar-refractivity contribution in [3.63, 3.8) is 0 Å². The predicted octanol–water partition coefficient (Wildman–Crippen LogP) is 2.74. The molecular formula is C12H13O. The summed E-state index contributed by atoms with van der Waals surface area (Å²) in [6.45, 7) is 4.87. The van der Waals surface area contributed by atoms with Crippen molar-refractivity contribution in [2.45, 2.75) is 12.8 Å². The summed E-state index contributed by atoms with van der Waals surface area (Å²) in [6, 6.07) is 10.4. The van der Waals surface area contributed by atoms with Crippen molar-refractivity contribution in [1.82, 2.24) is 0 Å². The summed E-state index contributed by atoms with van der Waals surface area (Å²) in [5.74, 6) is 0. The van der Waals surface area contributed by atoms with Gasteiger partial charge in [0.2, 0.25) is 0 Å². The minimum Gasteiger partial charge on any atom is -0.367 e. The normalized spacial score (nSPS) is 16.6. The Hall–Kier alpha value is -1.08. The van der Waals surface area contributed by atoms with Crippen LogP contribution in [0.15, 0.2) is 42.5 Å². The fraction of sp³-hybridized carbons (Fsp3) is 0.250. The quantitative estimate of drug-likeness (QED) is 0.683. The van der Waals surface area contributed by atoms with Crippen molar-refractivity contribution in [1.29, 1.82) is 0 Å². The van der Waals surface area contributed by atoms with Gasteiger partial charge in [-0.1, -0.05) is 36.9 Å². The van der Waals surface area contributed by atoms with Gasteiger partial charge in [0.15, 0.2) is 0 Å². The fourth-order valence-electron chi connectivity index (χ4n) is 1.42. The summed E-state index contributed by atoms with van der Waals surface area (Å²) >= 11 is 0. The van der Waals surface area contributed by atoms with E-state index in [1.807, 2.05) is 6.07 Å². The summed E-state index contributed by atoms with van der Waals surface area (Å²) in [7, 11) is 0. The third-order valence-corrected chi connectivity index (χ3v) is 2.26. The highest BCUT2D eigenvalue weighted by Crippen LogP contribution is 2.28. The summed E-state index contributed by atoms with van der Waals surface area (Å²) < 4.78 is 5.28. The first-order valence-corrected chi connectivity index (χ1v) is 4.57. The maximum Gasteiger partial charge on any atom is 0.124 e. The van der Waals surface area contributed by atoms with Crippen LogP contribution < -0.4 is 0 Å². The molecule has 1 aromatic rings. The average molecular weight is 173 g/mol. The molecule has 1 aliphatic rings. The Labute approximate surface area is 79.0 Å². The molecule has 0 spiro atoms. The second-order valence-corrected chi connectivity index (χ2v) is 3.29. The fourth-order valence-corrected chi connectivity index (χ4v) is 1.42. The zero-order chi connectivity index (χ0) is 9.10. The van der Waals surface area contributed by atoms with Gasteiger partial charge in [0.25, 0.3) is 0 Å².